The summed E-state index contributed by atoms with van der Waals surface area (Å²) in [6.07, 6.45) is 3.30. The average molecular weight is 516 g/mol. The lowest BCUT2D eigenvalue weighted by atomic mass is 9.93. The van der Waals surface area contributed by atoms with Gasteiger partial charge >= 0.3 is 6.18 Å². The molecule has 0 spiro atoms. The van der Waals surface area contributed by atoms with E-state index in [0.717, 1.165) is 45.4 Å². The Morgan fingerprint density at radius 1 is 0.971 bits per heavy atom. The number of guanidine groups is 1. The highest BCUT2D eigenvalue weighted by atomic mass is 32.2. The quantitative estimate of drug-likeness (QED) is 0.451. The second kappa shape index (κ2) is 10.1. The van der Waals surface area contributed by atoms with Crippen molar-refractivity contribution < 1.29 is 31.1 Å². The zero-order valence-electron chi connectivity index (χ0n) is 19.9. The molecule has 1 saturated carbocycles. The molecular formula is C24H32F3N3O4S. The van der Waals surface area contributed by atoms with Gasteiger partial charge in [0.2, 0.25) is 5.96 Å². The topological polar surface area (TPSA) is 92.1 Å². The molecule has 7 nitrogen and oxygen atoms in total. The molecule has 2 aliphatic heterocycles. The van der Waals surface area contributed by atoms with Crippen LogP contribution in [0.25, 0.3) is 0 Å². The lowest BCUT2D eigenvalue weighted by molar-refractivity contribution is -0.0722. The van der Waals surface area contributed by atoms with E-state index in [9.17, 15) is 21.6 Å². The number of nitrogens with zero attached hydrogens (tertiary/aromatic N) is 2. The van der Waals surface area contributed by atoms with E-state index in [1.165, 1.54) is 6.26 Å². The predicted octanol–water partition coefficient (Wildman–Crippen LogP) is 4.75. The normalized spacial score (nSPS) is 29.8. The molecule has 2 bridgehead atoms. The minimum Gasteiger partial charge on any atom is -0.490 e. The molecule has 35 heavy (non-hydrogen) atoms. The number of rotatable bonds is 5. The first-order valence-electron chi connectivity index (χ1n) is 12.0. The Labute approximate surface area is 204 Å². The molecular weight excluding hydrogens is 483 g/mol. The SMILES string of the molecule is CC(=NC(=N)N1C2CCC1CC(OC1CCC(Oc3ccc(S(C)(=O)=O)cc3)CC1)C2)C(F)(F)F. The third-order valence-corrected chi connectivity index (χ3v) is 8.31. The van der Waals surface area contributed by atoms with Gasteiger partial charge in [0.05, 0.1) is 23.2 Å². The zero-order chi connectivity index (χ0) is 25.4. The van der Waals surface area contributed by atoms with Gasteiger partial charge in [-0.3, -0.25) is 5.41 Å². The molecule has 1 aromatic carbocycles. The summed E-state index contributed by atoms with van der Waals surface area (Å²) in [7, 11) is -3.24. The molecule has 3 aliphatic rings. The van der Waals surface area contributed by atoms with E-state index < -0.39 is 21.7 Å². The van der Waals surface area contributed by atoms with Crippen LogP contribution in [0.2, 0.25) is 0 Å². The molecule has 2 atom stereocenters. The van der Waals surface area contributed by atoms with Gasteiger partial charge in [-0.05, 0) is 82.6 Å². The molecule has 194 valence electrons. The monoisotopic (exact) mass is 515 g/mol. The van der Waals surface area contributed by atoms with Crippen LogP contribution < -0.4 is 4.74 Å². The minimum absolute atomic E-state index is 0.00869. The van der Waals surface area contributed by atoms with E-state index in [2.05, 4.69) is 4.99 Å². The number of aliphatic imine (C=N–C) groups is 1. The summed E-state index contributed by atoms with van der Waals surface area (Å²) >= 11 is 0. The Hall–Kier alpha value is -2.14. The summed E-state index contributed by atoms with van der Waals surface area (Å²) in [5.41, 5.74) is -0.995. The third kappa shape index (κ3) is 6.35. The number of alkyl halides is 3. The van der Waals surface area contributed by atoms with Crippen LogP contribution in [0.15, 0.2) is 34.2 Å². The molecule has 4 rings (SSSR count). The number of nitrogens with one attached hydrogen (secondary N) is 1. The van der Waals surface area contributed by atoms with Crippen LogP contribution in [0.1, 0.15) is 58.3 Å². The summed E-state index contributed by atoms with van der Waals surface area (Å²) < 4.78 is 74.1. The summed E-state index contributed by atoms with van der Waals surface area (Å²) in [6.45, 7) is 0.900. The Morgan fingerprint density at radius 3 is 2.03 bits per heavy atom. The fraction of sp³-hybridized carbons (Fsp3) is 0.667. The highest BCUT2D eigenvalue weighted by molar-refractivity contribution is 7.90. The van der Waals surface area contributed by atoms with Gasteiger partial charge in [0.1, 0.15) is 11.5 Å². The van der Waals surface area contributed by atoms with Gasteiger partial charge in [-0.25, -0.2) is 13.4 Å². The van der Waals surface area contributed by atoms with Crippen molar-refractivity contribution in [3.05, 3.63) is 24.3 Å². The lowest BCUT2D eigenvalue weighted by Gasteiger charge is -2.41. The van der Waals surface area contributed by atoms with E-state index in [1.54, 1.807) is 29.2 Å². The molecule has 0 radical (unpaired) electrons. The minimum atomic E-state index is -4.52. The summed E-state index contributed by atoms with van der Waals surface area (Å²) in [5.74, 6) is 0.351. The van der Waals surface area contributed by atoms with E-state index >= 15 is 0 Å². The summed E-state index contributed by atoms with van der Waals surface area (Å²) in [5, 5.41) is 8.12. The van der Waals surface area contributed by atoms with E-state index in [0.29, 0.717) is 18.6 Å². The number of hydrogen-bond acceptors (Lipinski definition) is 5. The Kier molecular flexibility index (Phi) is 7.47. The number of hydrogen-bond donors (Lipinski definition) is 1. The standard InChI is InChI=1S/C24H32F3N3O4S/c1-15(24(25,26)27)29-23(28)30-16-3-4-17(30)14-21(13-16)34-19-7-5-18(6-8-19)33-20-9-11-22(12-10-20)35(2,31)32/h9-12,16-19,21,28H,3-8,13-14H2,1-2H3. The highest BCUT2D eigenvalue weighted by Crippen LogP contribution is 2.39. The maximum atomic E-state index is 12.8. The van der Waals surface area contributed by atoms with Crippen LogP contribution in [0.5, 0.6) is 5.75 Å². The van der Waals surface area contributed by atoms with Gasteiger partial charge in [-0.15, -0.1) is 0 Å². The van der Waals surface area contributed by atoms with E-state index in [4.69, 9.17) is 14.9 Å². The second-order valence-corrected chi connectivity index (χ2v) is 11.8. The molecule has 1 aromatic rings. The largest absolute Gasteiger partial charge is 0.490 e. The first-order chi connectivity index (χ1) is 16.4. The maximum absolute atomic E-state index is 12.8. The third-order valence-electron chi connectivity index (χ3n) is 7.18. The maximum Gasteiger partial charge on any atom is 0.429 e. The van der Waals surface area contributed by atoms with Crippen molar-refractivity contribution >= 4 is 21.5 Å². The first-order valence-corrected chi connectivity index (χ1v) is 13.9. The van der Waals surface area contributed by atoms with Gasteiger partial charge in [0, 0.05) is 18.3 Å². The van der Waals surface area contributed by atoms with Crippen LogP contribution in [-0.4, -0.2) is 67.8 Å². The van der Waals surface area contributed by atoms with Gasteiger partial charge in [-0.1, -0.05) is 0 Å². The number of fused-ring (bicyclic) bond motifs is 2. The molecule has 2 saturated heterocycles. The smallest absolute Gasteiger partial charge is 0.429 e. The van der Waals surface area contributed by atoms with E-state index in [1.807, 2.05) is 0 Å². The fourth-order valence-electron chi connectivity index (χ4n) is 5.38. The van der Waals surface area contributed by atoms with Crippen LogP contribution in [-0.2, 0) is 14.6 Å². The number of ether oxygens (including phenoxy) is 2. The number of halogens is 3. The van der Waals surface area contributed by atoms with Crippen LogP contribution >= 0.6 is 0 Å². The van der Waals surface area contributed by atoms with Crippen molar-refractivity contribution in [1.29, 1.82) is 5.41 Å². The van der Waals surface area contributed by atoms with Crippen molar-refractivity contribution in [3.8, 4) is 5.75 Å². The lowest BCUT2D eigenvalue weighted by Crippen LogP contribution is -2.49. The van der Waals surface area contributed by atoms with Crippen molar-refractivity contribution in [2.24, 2.45) is 4.99 Å². The van der Waals surface area contributed by atoms with Crippen molar-refractivity contribution in [2.45, 2.75) is 99.8 Å². The molecule has 0 amide bonds. The van der Waals surface area contributed by atoms with Gasteiger partial charge < -0.3 is 14.4 Å². The van der Waals surface area contributed by atoms with Gasteiger partial charge in [0.15, 0.2) is 9.84 Å². The van der Waals surface area contributed by atoms with E-state index in [-0.39, 0.29) is 41.3 Å². The first kappa shape index (κ1) is 25.9. The predicted molar refractivity (Wildman–Crippen MR) is 126 cm³/mol. The van der Waals surface area contributed by atoms with Crippen molar-refractivity contribution in [1.82, 2.24) is 4.90 Å². The van der Waals surface area contributed by atoms with Gasteiger partial charge in [0.25, 0.3) is 0 Å². The fourth-order valence-corrected chi connectivity index (χ4v) is 6.01. The molecule has 1 N–H and O–H groups in total. The molecule has 2 heterocycles. The average Bonchev–Trinajstić information content (AvgIpc) is 3.05. The van der Waals surface area contributed by atoms with Crippen molar-refractivity contribution in [2.75, 3.05) is 6.26 Å². The van der Waals surface area contributed by atoms with Crippen LogP contribution in [0.3, 0.4) is 0 Å². The molecule has 1 aliphatic carbocycles. The number of sulfone groups is 1. The van der Waals surface area contributed by atoms with Crippen LogP contribution in [0.4, 0.5) is 13.2 Å². The molecule has 2 unspecified atom stereocenters. The molecule has 11 heteroatoms. The van der Waals surface area contributed by atoms with Gasteiger partial charge in [-0.2, -0.15) is 13.2 Å². The number of piperidine rings is 1. The molecule has 3 fully saturated rings. The zero-order valence-corrected chi connectivity index (χ0v) is 20.7. The van der Waals surface area contributed by atoms with Crippen molar-refractivity contribution in [3.63, 3.8) is 0 Å². The summed E-state index contributed by atoms with van der Waals surface area (Å²) in [4.78, 5) is 5.54. The second-order valence-electron chi connectivity index (χ2n) is 9.80. The molecule has 0 aromatic heterocycles. The van der Waals surface area contributed by atoms with Crippen LogP contribution in [0, 0.1) is 5.41 Å². The Balaban J connectivity index is 1.25. The highest BCUT2D eigenvalue weighted by Gasteiger charge is 2.44. The summed E-state index contributed by atoms with van der Waals surface area (Å²) in [6, 6.07) is 6.45. The Bertz CT molecular complexity index is 1040. The Morgan fingerprint density at radius 2 is 1.51 bits per heavy atom. The number of benzene rings is 1.